The lowest BCUT2D eigenvalue weighted by Gasteiger charge is -2.01. The summed E-state index contributed by atoms with van der Waals surface area (Å²) in [6, 6.07) is 0. The van der Waals surface area contributed by atoms with Gasteiger partial charge in [0.1, 0.15) is 12.2 Å². The monoisotopic (exact) mass is 135 g/mol. The highest BCUT2D eigenvalue weighted by molar-refractivity contribution is 5.40. The number of hydrogen-bond donors (Lipinski definition) is 1. The van der Waals surface area contributed by atoms with Gasteiger partial charge in [-0.1, -0.05) is 6.08 Å². The van der Waals surface area contributed by atoms with E-state index >= 15 is 0 Å². The average Bonchev–Trinajstić information content (AvgIpc) is 2.60. The van der Waals surface area contributed by atoms with Crippen LogP contribution in [-0.2, 0) is 4.74 Å². The molecule has 0 radical (unpaired) electrons. The Labute approximate surface area is 59.6 Å². The van der Waals surface area contributed by atoms with Crippen molar-refractivity contribution in [1.29, 1.82) is 0 Å². The summed E-state index contributed by atoms with van der Waals surface area (Å²) in [6.07, 6.45) is 6.35. The van der Waals surface area contributed by atoms with Crippen molar-refractivity contribution in [1.82, 2.24) is 5.32 Å². The van der Waals surface area contributed by atoms with Gasteiger partial charge in [0.2, 0.25) is 0 Å². The second-order valence-electron chi connectivity index (χ2n) is 3.00. The molecule has 0 aromatic heterocycles. The number of rotatable bonds is 0. The molecule has 0 aromatic carbocycles. The van der Waals surface area contributed by atoms with Crippen LogP contribution in [0.15, 0.2) is 23.4 Å². The van der Waals surface area contributed by atoms with Gasteiger partial charge in [-0.3, -0.25) is 0 Å². The third kappa shape index (κ3) is 0.480. The molecule has 3 aliphatic rings. The van der Waals surface area contributed by atoms with Gasteiger partial charge in [-0.15, -0.1) is 0 Å². The lowest BCUT2D eigenvalue weighted by Crippen LogP contribution is -2.07. The van der Waals surface area contributed by atoms with Crippen LogP contribution >= 0.6 is 0 Å². The van der Waals surface area contributed by atoms with Gasteiger partial charge in [0.15, 0.2) is 0 Å². The second kappa shape index (κ2) is 1.45. The topological polar surface area (TPSA) is 24.6 Å². The van der Waals surface area contributed by atoms with Gasteiger partial charge in [-0.2, -0.15) is 0 Å². The highest BCUT2D eigenvalue weighted by Gasteiger charge is 2.43. The summed E-state index contributed by atoms with van der Waals surface area (Å²) < 4.78 is 5.41. The molecule has 52 valence electrons. The average molecular weight is 135 g/mol. The maximum Gasteiger partial charge on any atom is 0.112 e. The molecule has 2 heterocycles. The summed E-state index contributed by atoms with van der Waals surface area (Å²) >= 11 is 0. The van der Waals surface area contributed by atoms with Crippen LogP contribution in [0.2, 0.25) is 0 Å². The molecule has 2 nitrogen and oxygen atoms in total. The summed E-state index contributed by atoms with van der Waals surface area (Å²) in [5.74, 6) is 0. The van der Waals surface area contributed by atoms with E-state index in [1.807, 2.05) is 0 Å². The predicted molar refractivity (Wildman–Crippen MR) is 37.4 cm³/mol. The van der Waals surface area contributed by atoms with E-state index in [2.05, 4.69) is 17.5 Å². The number of fused-ring (bicyclic) bond motifs is 2. The van der Waals surface area contributed by atoms with Crippen molar-refractivity contribution in [3.05, 3.63) is 23.4 Å². The van der Waals surface area contributed by atoms with Crippen molar-refractivity contribution in [2.24, 2.45) is 0 Å². The fourth-order valence-electron chi connectivity index (χ4n) is 1.78. The first-order chi connectivity index (χ1) is 4.95. The Morgan fingerprint density at radius 1 is 1.60 bits per heavy atom. The van der Waals surface area contributed by atoms with E-state index in [4.69, 9.17) is 4.74 Å². The lowest BCUT2D eigenvalue weighted by molar-refractivity contribution is 0.406. The maximum absolute atomic E-state index is 5.41. The molecule has 2 atom stereocenters. The smallest absolute Gasteiger partial charge is 0.112 e. The predicted octanol–water partition coefficient (Wildman–Crippen LogP) is 0.571. The summed E-state index contributed by atoms with van der Waals surface area (Å²) in [5, 5.41) is 3.33. The Bertz CT molecular complexity index is 242. The Morgan fingerprint density at radius 2 is 2.60 bits per heavy atom. The standard InChI is InChI=1S/C8H9NO/c1-2-7-8(10-7)5-3-4-9-6(1)5/h1-2,7-9H,3-4H2. The van der Waals surface area contributed by atoms with Crippen molar-refractivity contribution >= 4 is 0 Å². The van der Waals surface area contributed by atoms with Gasteiger partial charge in [0.25, 0.3) is 0 Å². The van der Waals surface area contributed by atoms with Crippen molar-refractivity contribution in [2.75, 3.05) is 6.54 Å². The minimum absolute atomic E-state index is 0.429. The Kier molecular flexibility index (Phi) is 0.722. The van der Waals surface area contributed by atoms with Gasteiger partial charge >= 0.3 is 0 Å². The minimum atomic E-state index is 0.429. The molecular formula is C8H9NO. The van der Waals surface area contributed by atoms with Crippen LogP contribution in [0.4, 0.5) is 0 Å². The third-order valence-corrected chi connectivity index (χ3v) is 2.38. The van der Waals surface area contributed by atoms with Crippen molar-refractivity contribution in [2.45, 2.75) is 18.6 Å². The molecule has 1 aliphatic carbocycles. The van der Waals surface area contributed by atoms with Crippen LogP contribution in [0.25, 0.3) is 0 Å². The third-order valence-electron chi connectivity index (χ3n) is 2.38. The number of hydrogen-bond acceptors (Lipinski definition) is 2. The zero-order valence-electron chi connectivity index (χ0n) is 5.63. The van der Waals surface area contributed by atoms with Gasteiger partial charge in [-0.05, 0) is 18.1 Å². The summed E-state index contributed by atoms with van der Waals surface area (Å²) in [4.78, 5) is 0. The van der Waals surface area contributed by atoms with E-state index in [1.165, 1.54) is 17.7 Å². The van der Waals surface area contributed by atoms with E-state index < -0.39 is 0 Å². The fraction of sp³-hybridized carbons (Fsp3) is 0.500. The largest absolute Gasteiger partial charge is 0.385 e. The first-order valence-corrected chi connectivity index (χ1v) is 3.76. The van der Waals surface area contributed by atoms with Crippen LogP contribution in [0.1, 0.15) is 6.42 Å². The number of allylic oxidation sites excluding steroid dienone is 1. The molecule has 0 aromatic rings. The first kappa shape index (κ1) is 4.97. The zero-order chi connectivity index (χ0) is 6.55. The van der Waals surface area contributed by atoms with Crippen LogP contribution in [0.3, 0.4) is 0 Å². The molecule has 0 amide bonds. The first-order valence-electron chi connectivity index (χ1n) is 3.76. The lowest BCUT2D eigenvalue weighted by atomic mass is 10.0. The molecule has 0 bridgehead atoms. The quantitative estimate of drug-likeness (QED) is 0.491. The Balaban J connectivity index is 2.07. The molecule has 0 saturated carbocycles. The molecule has 2 heteroatoms. The maximum atomic E-state index is 5.41. The molecule has 2 unspecified atom stereocenters. The molecule has 1 N–H and O–H groups in total. The SMILES string of the molecule is C1=CC2OC2C2=C1NCC2. The number of nitrogens with one attached hydrogen (secondary N) is 1. The second-order valence-corrected chi connectivity index (χ2v) is 3.00. The van der Waals surface area contributed by atoms with Gasteiger partial charge in [0.05, 0.1) is 0 Å². The van der Waals surface area contributed by atoms with Crippen molar-refractivity contribution in [3.63, 3.8) is 0 Å². The van der Waals surface area contributed by atoms with E-state index in [-0.39, 0.29) is 0 Å². The van der Waals surface area contributed by atoms with E-state index in [1.54, 1.807) is 0 Å². The van der Waals surface area contributed by atoms with Gasteiger partial charge < -0.3 is 10.1 Å². The van der Waals surface area contributed by atoms with Gasteiger partial charge in [-0.25, -0.2) is 0 Å². The molecule has 3 rings (SSSR count). The number of epoxide rings is 1. The van der Waals surface area contributed by atoms with Crippen molar-refractivity contribution < 1.29 is 4.74 Å². The molecule has 2 aliphatic heterocycles. The van der Waals surface area contributed by atoms with E-state index in [0.29, 0.717) is 12.2 Å². The molecule has 10 heavy (non-hydrogen) atoms. The normalized spacial score (nSPS) is 40.8. The molecule has 1 fully saturated rings. The summed E-state index contributed by atoms with van der Waals surface area (Å²) in [5.41, 5.74) is 2.81. The van der Waals surface area contributed by atoms with E-state index in [0.717, 1.165) is 6.54 Å². The molecule has 0 spiro atoms. The Morgan fingerprint density at radius 3 is 3.60 bits per heavy atom. The van der Waals surface area contributed by atoms with Crippen LogP contribution in [0, 0.1) is 0 Å². The molecular weight excluding hydrogens is 126 g/mol. The summed E-state index contributed by atoms with van der Waals surface area (Å²) in [6.45, 7) is 1.10. The van der Waals surface area contributed by atoms with Gasteiger partial charge in [0, 0.05) is 12.2 Å². The summed E-state index contributed by atoms with van der Waals surface area (Å²) in [7, 11) is 0. The van der Waals surface area contributed by atoms with Crippen molar-refractivity contribution in [3.8, 4) is 0 Å². The highest BCUT2D eigenvalue weighted by Crippen LogP contribution is 2.38. The van der Waals surface area contributed by atoms with Crippen LogP contribution in [-0.4, -0.2) is 18.8 Å². The Hall–Kier alpha value is -0.760. The number of ether oxygens (including phenoxy) is 1. The zero-order valence-corrected chi connectivity index (χ0v) is 5.63. The van der Waals surface area contributed by atoms with Crippen LogP contribution < -0.4 is 5.32 Å². The fourth-order valence-corrected chi connectivity index (χ4v) is 1.78. The molecule has 1 saturated heterocycles. The van der Waals surface area contributed by atoms with E-state index in [9.17, 15) is 0 Å². The van der Waals surface area contributed by atoms with Crippen LogP contribution in [0.5, 0.6) is 0 Å². The minimum Gasteiger partial charge on any atom is -0.385 e. The highest BCUT2D eigenvalue weighted by atomic mass is 16.6.